The van der Waals surface area contributed by atoms with Gasteiger partial charge in [0.15, 0.2) is 0 Å². The number of piperidine rings is 1. The molecule has 0 atom stereocenters. The molecule has 9 heteroatoms. The van der Waals surface area contributed by atoms with Crippen LogP contribution in [0.5, 0.6) is 0 Å². The Morgan fingerprint density at radius 1 is 1.24 bits per heavy atom. The van der Waals surface area contributed by atoms with Crippen LogP contribution in [0.2, 0.25) is 0 Å². The standard InChI is InChI=1S/C20H22N6O3/c1-2-29-20(28)26-9-7-16(8-10-26)24-18(27)15-12-22-19(23-13-15)25-17-6-4-3-5-14(17)11-21/h3-6,12-13,16H,2,7-10H2,1H3,(H,24,27)(H,22,23,25). The summed E-state index contributed by atoms with van der Waals surface area (Å²) in [6.45, 7) is 3.21. The normalized spacial score (nSPS) is 14.0. The number of anilines is 2. The van der Waals surface area contributed by atoms with E-state index in [2.05, 4.69) is 26.7 Å². The lowest BCUT2D eigenvalue weighted by molar-refractivity contribution is 0.0859. The van der Waals surface area contributed by atoms with Crippen molar-refractivity contribution in [1.82, 2.24) is 20.2 Å². The van der Waals surface area contributed by atoms with Crippen LogP contribution in [0, 0.1) is 11.3 Å². The zero-order chi connectivity index (χ0) is 20.6. The maximum atomic E-state index is 12.4. The molecule has 1 fully saturated rings. The predicted molar refractivity (Wildman–Crippen MR) is 106 cm³/mol. The second kappa shape index (κ2) is 9.50. The predicted octanol–water partition coefficient (Wildman–Crippen LogP) is 2.44. The van der Waals surface area contributed by atoms with E-state index in [1.54, 1.807) is 36.1 Å². The van der Waals surface area contributed by atoms with Gasteiger partial charge in [0, 0.05) is 31.5 Å². The topological polar surface area (TPSA) is 120 Å². The quantitative estimate of drug-likeness (QED) is 0.799. The minimum absolute atomic E-state index is 0.0199. The summed E-state index contributed by atoms with van der Waals surface area (Å²) in [5.74, 6) is 0.0376. The molecular weight excluding hydrogens is 372 g/mol. The molecule has 1 aliphatic rings. The van der Waals surface area contributed by atoms with Crippen molar-refractivity contribution in [2.45, 2.75) is 25.8 Å². The highest BCUT2D eigenvalue weighted by Crippen LogP contribution is 2.17. The SMILES string of the molecule is CCOC(=O)N1CCC(NC(=O)c2cnc(Nc3ccccc3C#N)nc2)CC1. The molecule has 2 aromatic rings. The average Bonchev–Trinajstić information content (AvgIpc) is 2.75. The Morgan fingerprint density at radius 2 is 1.93 bits per heavy atom. The van der Waals surface area contributed by atoms with Crippen molar-refractivity contribution in [3.8, 4) is 6.07 Å². The van der Waals surface area contributed by atoms with Crippen LogP contribution in [0.3, 0.4) is 0 Å². The van der Waals surface area contributed by atoms with Gasteiger partial charge >= 0.3 is 6.09 Å². The Hall–Kier alpha value is -3.67. The van der Waals surface area contributed by atoms with Crippen LogP contribution in [-0.2, 0) is 4.74 Å². The summed E-state index contributed by atoms with van der Waals surface area (Å²) >= 11 is 0. The highest BCUT2D eigenvalue weighted by atomic mass is 16.6. The number of likely N-dealkylation sites (tertiary alicyclic amines) is 1. The number of nitriles is 1. The molecule has 2 amide bonds. The maximum absolute atomic E-state index is 12.4. The highest BCUT2D eigenvalue weighted by Gasteiger charge is 2.25. The Kier molecular flexibility index (Phi) is 6.58. The summed E-state index contributed by atoms with van der Waals surface area (Å²) in [5, 5.41) is 15.1. The largest absolute Gasteiger partial charge is 0.450 e. The first kappa shape index (κ1) is 20.1. The monoisotopic (exact) mass is 394 g/mol. The number of carbonyl (C=O) groups excluding carboxylic acids is 2. The fraction of sp³-hybridized carbons (Fsp3) is 0.350. The molecule has 150 valence electrons. The van der Waals surface area contributed by atoms with Crippen molar-refractivity contribution in [2.24, 2.45) is 0 Å². The van der Waals surface area contributed by atoms with Crippen LogP contribution >= 0.6 is 0 Å². The van der Waals surface area contributed by atoms with Crippen molar-refractivity contribution in [1.29, 1.82) is 5.26 Å². The minimum Gasteiger partial charge on any atom is -0.450 e. The number of carbonyl (C=O) groups is 2. The van der Waals surface area contributed by atoms with Crippen molar-refractivity contribution in [3.05, 3.63) is 47.8 Å². The third-order valence-electron chi connectivity index (χ3n) is 4.56. The lowest BCUT2D eigenvalue weighted by atomic mass is 10.1. The first-order valence-corrected chi connectivity index (χ1v) is 9.41. The molecule has 3 rings (SSSR count). The molecule has 2 heterocycles. The van der Waals surface area contributed by atoms with Crippen molar-refractivity contribution in [3.63, 3.8) is 0 Å². The molecule has 0 spiro atoms. The van der Waals surface area contributed by atoms with E-state index >= 15 is 0 Å². The lowest BCUT2D eigenvalue weighted by Crippen LogP contribution is -2.46. The van der Waals surface area contributed by atoms with Crippen LogP contribution < -0.4 is 10.6 Å². The summed E-state index contributed by atoms with van der Waals surface area (Å²) in [5.41, 5.74) is 1.42. The van der Waals surface area contributed by atoms with E-state index in [4.69, 9.17) is 10.00 Å². The molecule has 0 saturated carbocycles. The minimum atomic E-state index is -0.313. The van der Waals surface area contributed by atoms with Gasteiger partial charge in [-0.05, 0) is 31.9 Å². The molecule has 1 aromatic heterocycles. The maximum Gasteiger partial charge on any atom is 0.409 e. The van der Waals surface area contributed by atoms with Gasteiger partial charge in [-0.15, -0.1) is 0 Å². The number of para-hydroxylation sites is 1. The van der Waals surface area contributed by atoms with Crippen molar-refractivity contribution >= 4 is 23.6 Å². The molecule has 29 heavy (non-hydrogen) atoms. The van der Waals surface area contributed by atoms with Crippen molar-refractivity contribution < 1.29 is 14.3 Å². The molecule has 0 unspecified atom stereocenters. The number of aromatic nitrogens is 2. The number of nitrogens with one attached hydrogen (secondary N) is 2. The first-order valence-electron chi connectivity index (χ1n) is 9.41. The number of hydrogen-bond acceptors (Lipinski definition) is 7. The van der Waals surface area contributed by atoms with Crippen LogP contribution in [0.1, 0.15) is 35.7 Å². The number of rotatable bonds is 5. The van der Waals surface area contributed by atoms with E-state index in [-0.39, 0.29) is 18.0 Å². The van der Waals surface area contributed by atoms with Gasteiger partial charge in [-0.3, -0.25) is 4.79 Å². The van der Waals surface area contributed by atoms with Crippen LogP contribution in [0.4, 0.5) is 16.4 Å². The van der Waals surface area contributed by atoms with E-state index in [0.717, 1.165) is 0 Å². The summed E-state index contributed by atoms with van der Waals surface area (Å²) in [6.07, 6.45) is 3.89. The molecule has 1 aliphatic heterocycles. The van der Waals surface area contributed by atoms with Gasteiger partial charge in [0.1, 0.15) is 6.07 Å². The van der Waals surface area contributed by atoms with Gasteiger partial charge in [-0.1, -0.05) is 12.1 Å². The van der Waals surface area contributed by atoms with Gasteiger partial charge in [0.05, 0.1) is 23.4 Å². The number of nitrogens with zero attached hydrogens (tertiary/aromatic N) is 4. The third kappa shape index (κ3) is 5.19. The number of hydrogen-bond donors (Lipinski definition) is 2. The van der Waals surface area contributed by atoms with Crippen LogP contribution in [0.25, 0.3) is 0 Å². The highest BCUT2D eigenvalue weighted by molar-refractivity contribution is 5.93. The Bertz CT molecular complexity index is 901. The lowest BCUT2D eigenvalue weighted by Gasteiger charge is -2.31. The van der Waals surface area contributed by atoms with E-state index in [0.29, 0.717) is 55.3 Å². The van der Waals surface area contributed by atoms with Gasteiger partial charge in [-0.2, -0.15) is 5.26 Å². The number of benzene rings is 1. The Balaban J connectivity index is 1.53. The summed E-state index contributed by atoms with van der Waals surface area (Å²) in [7, 11) is 0. The fourth-order valence-electron chi connectivity index (χ4n) is 3.01. The van der Waals surface area contributed by atoms with E-state index in [9.17, 15) is 9.59 Å². The molecule has 2 N–H and O–H groups in total. The molecule has 0 radical (unpaired) electrons. The zero-order valence-electron chi connectivity index (χ0n) is 16.1. The van der Waals surface area contributed by atoms with Gasteiger partial charge in [-0.25, -0.2) is 14.8 Å². The Morgan fingerprint density at radius 3 is 2.59 bits per heavy atom. The van der Waals surface area contributed by atoms with Crippen molar-refractivity contribution in [2.75, 3.05) is 25.0 Å². The number of amides is 2. The molecule has 1 aromatic carbocycles. The van der Waals surface area contributed by atoms with Gasteiger partial charge < -0.3 is 20.3 Å². The number of ether oxygens (including phenoxy) is 1. The van der Waals surface area contributed by atoms with Gasteiger partial charge in [0.2, 0.25) is 5.95 Å². The molecule has 1 saturated heterocycles. The molecule has 0 bridgehead atoms. The van der Waals surface area contributed by atoms with E-state index < -0.39 is 0 Å². The molecule has 9 nitrogen and oxygen atoms in total. The Labute approximate surface area is 168 Å². The zero-order valence-corrected chi connectivity index (χ0v) is 16.1. The fourth-order valence-corrected chi connectivity index (χ4v) is 3.01. The smallest absolute Gasteiger partial charge is 0.409 e. The first-order chi connectivity index (χ1) is 14.1. The average molecular weight is 394 g/mol. The van der Waals surface area contributed by atoms with Crippen LogP contribution in [0.15, 0.2) is 36.7 Å². The molecular formula is C20H22N6O3. The van der Waals surface area contributed by atoms with Crippen LogP contribution in [-0.4, -0.2) is 52.6 Å². The summed E-state index contributed by atoms with van der Waals surface area (Å²) < 4.78 is 4.99. The second-order valence-electron chi connectivity index (χ2n) is 6.51. The van der Waals surface area contributed by atoms with Gasteiger partial charge in [0.25, 0.3) is 5.91 Å². The summed E-state index contributed by atoms with van der Waals surface area (Å²) in [6, 6.07) is 9.10. The second-order valence-corrected chi connectivity index (χ2v) is 6.51. The van der Waals surface area contributed by atoms with E-state index in [1.165, 1.54) is 12.4 Å². The molecule has 0 aliphatic carbocycles. The third-order valence-corrected chi connectivity index (χ3v) is 4.56. The summed E-state index contributed by atoms with van der Waals surface area (Å²) in [4.78, 5) is 34.1. The van der Waals surface area contributed by atoms with E-state index in [1.807, 2.05) is 0 Å².